The molecule has 2 aromatic carbocycles. The summed E-state index contributed by atoms with van der Waals surface area (Å²) in [5.74, 6) is 1.41. The molecule has 2 rings (SSSR count). The minimum Gasteiger partial charge on any atom is -0.491 e. The normalized spacial score (nSPS) is 12.3. The molecule has 1 unspecified atom stereocenters. The van der Waals surface area contributed by atoms with Gasteiger partial charge in [-0.15, -0.1) is 0 Å². The molecule has 0 amide bonds. The Morgan fingerprint density at radius 3 is 2.32 bits per heavy atom. The first kappa shape index (κ1) is 19.4. The van der Waals surface area contributed by atoms with E-state index in [2.05, 4.69) is 19.2 Å². The number of hydrogen-bond acceptors (Lipinski definition) is 4. The molecule has 0 bridgehead atoms. The van der Waals surface area contributed by atoms with Crippen molar-refractivity contribution < 1.29 is 14.6 Å². The minimum atomic E-state index is -0.643. The highest BCUT2D eigenvalue weighted by Gasteiger charge is 2.06. The van der Waals surface area contributed by atoms with E-state index in [4.69, 9.17) is 9.47 Å². The number of benzene rings is 2. The third kappa shape index (κ3) is 8.16. The summed E-state index contributed by atoms with van der Waals surface area (Å²) < 4.78 is 11.1. The van der Waals surface area contributed by atoms with Gasteiger partial charge in [-0.05, 0) is 35.7 Å². The van der Waals surface area contributed by atoms with E-state index in [0.29, 0.717) is 12.5 Å². The second-order valence-corrected chi connectivity index (χ2v) is 6.63. The van der Waals surface area contributed by atoms with Crippen molar-refractivity contribution in [2.24, 2.45) is 5.92 Å². The summed E-state index contributed by atoms with van der Waals surface area (Å²) in [5.41, 5.74) is 2.32. The molecule has 0 spiro atoms. The second kappa shape index (κ2) is 10.9. The molecule has 0 radical (unpaired) electrons. The third-order valence-corrected chi connectivity index (χ3v) is 3.67. The maximum Gasteiger partial charge on any atom is 0.119 e. The number of ether oxygens (including phenoxy) is 2. The number of aliphatic hydroxyl groups excluding tert-OH is 1. The second-order valence-electron chi connectivity index (χ2n) is 6.63. The standard InChI is InChI=1S/C21H29NO3/c1-17(2)12-22-13-18-8-10-21(11-9-18)25-16-20(23)15-24-14-19-6-4-3-5-7-19/h3-11,17,20,22-23H,12-16H2,1-2H3. The molecule has 0 aromatic heterocycles. The van der Waals surface area contributed by atoms with Gasteiger partial charge in [0.2, 0.25) is 0 Å². The summed E-state index contributed by atoms with van der Waals surface area (Å²) in [5, 5.41) is 13.4. The molecule has 0 heterocycles. The molecule has 0 fully saturated rings. The van der Waals surface area contributed by atoms with Gasteiger partial charge in [0.15, 0.2) is 0 Å². The first-order valence-corrected chi connectivity index (χ1v) is 8.85. The first-order chi connectivity index (χ1) is 12.1. The molecule has 2 N–H and O–H groups in total. The van der Waals surface area contributed by atoms with E-state index in [1.807, 2.05) is 54.6 Å². The zero-order chi connectivity index (χ0) is 17.9. The molecule has 4 heteroatoms. The predicted molar refractivity (Wildman–Crippen MR) is 101 cm³/mol. The van der Waals surface area contributed by atoms with Gasteiger partial charge >= 0.3 is 0 Å². The molecule has 0 aliphatic heterocycles. The molecule has 0 saturated carbocycles. The number of aliphatic hydroxyl groups is 1. The van der Waals surface area contributed by atoms with Crippen LogP contribution in [-0.2, 0) is 17.9 Å². The quantitative estimate of drug-likeness (QED) is 0.657. The summed E-state index contributed by atoms with van der Waals surface area (Å²) in [7, 11) is 0. The van der Waals surface area contributed by atoms with Crippen LogP contribution in [0.3, 0.4) is 0 Å². The van der Waals surface area contributed by atoms with Crippen molar-refractivity contribution in [2.75, 3.05) is 19.8 Å². The lowest BCUT2D eigenvalue weighted by Crippen LogP contribution is -2.23. The highest BCUT2D eigenvalue weighted by atomic mass is 16.5. The van der Waals surface area contributed by atoms with Crippen LogP contribution < -0.4 is 10.1 Å². The zero-order valence-electron chi connectivity index (χ0n) is 15.2. The van der Waals surface area contributed by atoms with E-state index in [0.717, 1.165) is 24.4 Å². The van der Waals surface area contributed by atoms with Crippen LogP contribution in [0.25, 0.3) is 0 Å². The van der Waals surface area contributed by atoms with Crippen LogP contribution in [0.2, 0.25) is 0 Å². The molecule has 25 heavy (non-hydrogen) atoms. The van der Waals surface area contributed by atoms with Crippen LogP contribution >= 0.6 is 0 Å². The predicted octanol–water partition coefficient (Wildman–Crippen LogP) is 3.39. The summed E-state index contributed by atoms with van der Waals surface area (Å²) in [6, 6.07) is 17.9. The molecule has 0 aliphatic carbocycles. The van der Waals surface area contributed by atoms with Gasteiger partial charge < -0.3 is 19.9 Å². The Hall–Kier alpha value is -1.88. The summed E-state index contributed by atoms with van der Waals surface area (Å²) >= 11 is 0. The maximum atomic E-state index is 9.95. The Morgan fingerprint density at radius 2 is 1.64 bits per heavy atom. The lowest BCUT2D eigenvalue weighted by Gasteiger charge is -2.13. The molecule has 136 valence electrons. The van der Waals surface area contributed by atoms with Gasteiger partial charge in [-0.3, -0.25) is 0 Å². The van der Waals surface area contributed by atoms with Gasteiger partial charge in [0, 0.05) is 6.54 Å². The van der Waals surface area contributed by atoms with Crippen molar-refractivity contribution in [3.63, 3.8) is 0 Å². The van der Waals surface area contributed by atoms with Crippen molar-refractivity contribution >= 4 is 0 Å². The van der Waals surface area contributed by atoms with E-state index in [-0.39, 0.29) is 13.2 Å². The number of rotatable bonds is 11. The van der Waals surface area contributed by atoms with Gasteiger partial charge in [-0.1, -0.05) is 56.3 Å². The number of nitrogens with one attached hydrogen (secondary N) is 1. The Kier molecular flexibility index (Phi) is 8.46. The molecular weight excluding hydrogens is 314 g/mol. The largest absolute Gasteiger partial charge is 0.491 e. The summed E-state index contributed by atoms with van der Waals surface area (Å²) in [4.78, 5) is 0. The van der Waals surface area contributed by atoms with Crippen LogP contribution in [-0.4, -0.2) is 31.0 Å². The molecule has 1 atom stereocenters. The van der Waals surface area contributed by atoms with Crippen molar-refractivity contribution in [3.8, 4) is 5.75 Å². The highest BCUT2D eigenvalue weighted by molar-refractivity contribution is 5.27. The lowest BCUT2D eigenvalue weighted by molar-refractivity contribution is 0.00549. The molecule has 0 aliphatic rings. The van der Waals surface area contributed by atoms with E-state index < -0.39 is 6.10 Å². The van der Waals surface area contributed by atoms with Gasteiger partial charge in [-0.25, -0.2) is 0 Å². The minimum absolute atomic E-state index is 0.222. The van der Waals surface area contributed by atoms with Crippen LogP contribution in [0.15, 0.2) is 54.6 Å². The summed E-state index contributed by atoms with van der Waals surface area (Å²) in [6.45, 7) is 7.22. The highest BCUT2D eigenvalue weighted by Crippen LogP contribution is 2.12. The Balaban J connectivity index is 1.63. The molecule has 0 saturated heterocycles. The topological polar surface area (TPSA) is 50.7 Å². The average Bonchev–Trinajstić information content (AvgIpc) is 2.62. The fraction of sp³-hybridized carbons (Fsp3) is 0.429. The lowest BCUT2D eigenvalue weighted by atomic mass is 10.2. The monoisotopic (exact) mass is 343 g/mol. The average molecular weight is 343 g/mol. The van der Waals surface area contributed by atoms with E-state index in [9.17, 15) is 5.11 Å². The van der Waals surface area contributed by atoms with Gasteiger partial charge in [-0.2, -0.15) is 0 Å². The van der Waals surface area contributed by atoms with Crippen molar-refractivity contribution in [2.45, 2.75) is 33.1 Å². The molecule has 2 aromatic rings. The molecule has 4 nitrogen and oxygen atoms in total. The van der Waals surface area contributed by atoms with Crippen LogP contribution in [0.1, 0.15) is 25.0 Å². The van der Waals surface area contributed by atoms with E-state index in [1.165, 1.54) is 5.56 Å². The van der Waals surface area contributed by atoms with Gasteiger partial charge in [0.1, 0.15) is 18.5 Å². The SMILES string of the molecule is CC(C)CNCc1ccc(OCC(O)COCc2ccccc2)cc1. The van der Waals surface area contributed by atoms with Crippen molar-refractivity contribution in [3.05, 3.63) is 65.7 Å². The fourth-order valence-corrected chi connectivity index (χ4v) is 2.34. The number of hydrogen-bond donors (Lipinski definition) is 2. The van der Waals surface area contributed by atoms with Gasteiger partial charge in [0.25, 0.3) is 0 Å². The maximum absolute atomic E-state index is 9.95. The Labute approximate surface area is 150 Å². The van der Waals surface area contributed by atoms with E-state index in [1.54, 1.807) is 0 Å². The third-order valence-electron chi connectivity index (χ3n) is 3.67. The molecular formula is C21H29NO3. The van der Waals surface area contributed by atoms with E-state index >= 15 is 0 Å². The Bertz CT molecular complexity index is 584. The van der Waals surface area contributed by atoms with Crippen LogP contribution in [0.5, 0.6) is 5.75 Å². The van der Waals surface area contributed by atoms with Crippen molar-refractivity contribution in [1.82, 2.24) is 5.32 Å². The smallest absolute Gasteiger partial charge is 0.119 e. The van der Waals surface area contributed by atoms with Crippen molar-refractivity contribution in [1.29, 1.82) is 0 Å². The first-order valence-electron chi connectivity index (χ1n) is 8.85. The fourth-order valence-electron chi connectivity index (χ4n) is 2.34. The summed E-state index contributed by atoms with van der Waals surface area (Å²) in [6.07, 6.45) is -0.643. The Morgan fingerprint density at radius 1 is 0.920 bits per heavy atom. The van der Waals surface area contributed by atoms with Crippen LogP contribution in [0.4, 0.5) is 0 Å². The van der Waals surface area contributed by atoms with Gasteiger partial charge in [0.05, 0.1) is 13.2 Å². The van der Waals surface area contributed by atoms with Crippen LogP contribution in [0, 0.1) is 5.92 Å². The zero-order valence-corrected chi connectivity index (χ0v) is 15.2.